The summed E-state index contributed by atoms with van der Waals surface area (Å²) in [6.45, 7) is -1.19. The van der Waals surface area contributed by atoms with Crippen molar-refractivity contribution >= 4 is 5.97 Å². The summed E-state index contributed by atoms with van der Waals surface area (Å²) < 4.78 is 38.4. The molecule has 0 spiro atoms. The molecule has 0 aromatic heterocycles. The molecule has 1 aromatic rings. The molecule has 108 valence electrons. The first-order valence-electron chi connectivity index (χ1n) is 5.73. The normalized spacial score (nSPS) is 10.0. The lowest BCUT2D eigenvalue weighted by Gasteiger charge is -2.12. The van der Waals surface area contributed by atoms with Crippen molar-refractivity contribution in [1.29, 1.82) is 5.26 Å². The first kappa shape index (κ1) is 15.7. The summed E-state index contributed by atoms with van der Waals surface area (Å²) in [6.07, 6.45) is -0.229. The Hall–Kier alpha value is -2.36. The quantitative estimate of drug-likeness (QED) is 0.750. The highest BCUT2D eigenvalue weighted by atomic mass is 19.3. The summed E-state index contributed by atoms with van der Waals surface area (Å²) in [5.74, 6) is -0.694. The third-order valence-corrected chi connectivity index (χ3v) is 2.35. The van der Waals surface area contributed by atoms with Crippen LogP contribution < -0.4 is 9.47 Å². The Bertz CT molecular complexity index is 526. The van der Waals surface area contributed by atoms with Crippen molar-refractivity contribution in [2.75, 3.05) is 13.7 Å². The van der Waals surface area contributed by atoms with E-state index in [0.717, 1.165) is 0 Å². The fourth-order valence-corrected chi connectivity index (χ4v) is 1.61. The molecule has 0 atom stereocenters. The summed E-state index contributed by atoms with van der Waals surface area (Å²) in [6, 6.07) is 4.23. The lowest BCUT2D eigenvalue weighted by atomic mass is 10.0. The monoisotopic (exact) mass is 285 g/mol. The minimum absolute atomic E-state index is 0.0601. The van der Waals surface area contributed by atoms with Gasteiger partial charge in [0.25, 0.3) is 0 Å². The molecule has 0 unspecified atom stereocenters. The van der Waals surface area contributed by atoms with Crippen molar-refractivity contribution in [2.45, 2.75) is 20.0 Å². The maximum absolute atomic E-state index is 12.2. The van der Waals surface area contributed by atoms with E-state index in [4.69, 9.17) is 14.7 Å². The van der Waals surface area contributed by atoms with Crippen LogP contribution in [0, 0.1) is 11.3 Å². The van der Waals surface area contributed by atoms with E-state index in [-0.39, 0.29) is 35.7 Å². The Kier molecular flexibility index (Phi) is 5.72. The third kappa shape index (κ3) is 4.09. The second-order valence-corrected chi connectivity index (χ2v) is 3.63. The molecule has 0 aliphatic rings. The average molecular weight is 285 g/mol. The van der Waals surface area contributed by atoms with E-state index in [1.807, 2.05) is 6.07 Å². The number of ether oxygens (including phenoxy) is 3. The Morgan fingerprint density at radius 3 is 2.65 bits per heavy atom. The molecule has 5 nitrogen and oxygen atoms in total. The topological polar surface area (TPSA) is 68.6 Å². The molecule has 0 heterocycles. The minimum Gasteiger partial charge on any atom is -0.495 e. The first-order valence-corrected chi connectivity index (χ1v) is 5.73. The summed E-state index contributed by atoms with van der Waals surface area (Å²) in [5.41, 5.74) is 0.295. The predicted octanol–water partition coefficient (Wildman–Crippen LogP) is 2.27. The second kappa shape index (κ2) is 7.28. The number of esters is 1. The van der Waals surface area contributed by atoms with Crippen LogP contribution in [0.4, 0.5) is 8.78 Å². The molecule has 0 aliphatic heterocycles. The molecule has 0 N–H and O–H groups in total. The van der Waals surface area contributed by atoms with E-state index in [0.29, 0.717) is 0 Å². The number of hydrogen-bond acceptors (Lipinski definition) is 5. The zero-order valence-electron chi connectivity index (χ0n) is 11.0. The van der Waals surface area contributed by atoms with Gasteiger partial charge in [-0.1, -0.05) is 0 Å². The van der Waals surface area contributed by atoms with Gasteiger partial charge >= 0.3 is 12.6 Å². The molecular formula is C13H13F2NO4. The van der Waals surface area contributed by atoms with Crippen molar-refractivity contribution in [3.05, 3.63) is 23.3 Å². The van der Waals surface area contributed by atoms with Crippen LogP contribution in [0.5, 0.6) is 11.5 Å². The first-order chi connectivity index (χ1) is 9.51. The van der Waals surface area contributed by atoms with Crippen LogP contribution in [-0.4, -0.2) is 26.3 Å². The van der Waals surface area contributed by atoms with E-state index >= 15 is 0 Å². The summed E-state index contributed by atoms with van der Waals surface area (Å²) in [4.78, 5) is 11.5. The van der Waals surface area contributed by atoms with Crippen molar-refractivity contribution in [1.82, 2.24) is 0 Å². The summed E-state index contributed by atoms with van der Waals surface area (Å²) in [7, 11) is 1.29. The minimum atomic E-state index is -3.01. The smallest absolute Gasteiger partial charge is 0.387 e. The fraction of sp³-hybridized carbons (Fsp3) is 0.385. The van der Waals surface area contributed by atoms with E-state index in [1.165, 1.54) is 19.2 Å². The van der Waals surface area contributed by atoms with Crippen LogP contribution in [0.2, 0.25) is 0 Å². The van der Waals surface area contributed by atoms with E-state index in [1.54, 1.807) is 6.92 Å². The van der Waals surface area contributed by atoms with Gasteiger partial charge in [0.05, 0.1) is 25.7 Å². The molecule has 0 aliphatic carbocycles. The van der Waals surface area contributed by atoms with E-state index < -0.39 is 12.6 Å². The number of rotatable bonds is 6. The molecule has 1 rings (SSSR count). The molecule has 0 bridgehead atoms. The molecule has 0 saturated heterocycles. The van der Waals surface area contributed by atoms with Crippen LogP contribution in [0.3, 0.4) is 0 Å². The van der Waals surface area contributed by atoms with E-state index in [2.05, 4.69) is 4.74 Å². The number of nitrogens with zero attached hydrogens (tertiary/aromatic N) is 1. The Balaban J connectivity index is 3.17. The van der Waals surface area contributed by atoms with Gasteiger partial charge in [0.2, 0.25) is 0 Å². The summed E-state index contributed by atoms with van der Waals surface area (Å²) in [5, 5.41) is 9.07. The Morgan fingerprint density at radius 2 is 2.15 bits per heavy atom. The molecule has 0 saturated carbocycles. The predicted molar refractivity (Wildman–Crippen MR) is 64.7 cm³/mol. The lowest BCUT2D eigenvalue weighted by Crippen LogP contribution is -2.10. The molecule has 0 amide bonds. The van der Waals surface area contributed by atoms with Gasteiger partial charge < -0.3 is 14.2 Å². The number of methoxy groups -OCH3 is 1. The van der Waals surface area contributed by atoms with Crippen LogP contribution in [0.1, 0.15) is 18.1 Å². The largest absolute Gasteiger partial charge is 0.495 e. The van der Waals surface area contributed by atoms with Crippen LogP contribution >= 0.6 is 0 Å². The van der Waals surface area contributed by atoms with Crippen molar-refractivity contribution in [3.8, 4) is 17.6 Å². The number of alkyl halides is 2. The number of benzene rings is 1. The molecule has 7 heteroatoms. The highest BCUT2D eigenvalue weighted by molar-refractivity contribution is 5.74. The number of hydrogen-bond donors (Lipinski definition) is 0. The zero-order chi connectivity index (χ0) is 15.1. The fourth-order valence-electron chi connectivity index (χ4n) is 1.61. The lowest BCUT2D eigenvalue weighted by molar-refractivity contribution is -0.142. The maximum Gasteiger partial charge on any atom is 0.387 e. The number of nitriles is 1. The highest BCUT2D eigenvalue weighted by Crippen LogP contribution is 2.29. The third-order valence-electron chi connectivity index (χ3n) is 2.35. The van der Waals surface area contributed by atoms with Gasteiger partial charge in [-0.3, -0.25) is 4.79 Å². The SMILES string of the molecule is CCOC(=O)Cc1cc(OC(F)F)cc(OC)c1C#N. The van der Waals surface area contributed by atoms with Crippen molar-refractivity contribution < 1.29 is 27.8 Å². The molecule has 20 heavy (non-hydrogen) atoms. The molecule has 0 radical (unpaired) electrons. The van der Waals surface area contributed by atoms with Crippen LogP contribution in [-0.2, 0) is 16.0 Å². The number of carbonyl (C=O) groups excluding carboxylic acids is 1. The number of carbonyl (C=O) groups is 1. The van der Waals surface area contributed by atoms with Crippen molar-refractivity contribution in [3.63, 3.8) is 0 Å². The van der Waals surface area contributed by atoms with Gasteiger partial charge in [-0.25, -0.2) is 0 Å². The Morgan fingerprint density at radius 1 is 1.45 bits per heavy atom. The van der Waals surface area contributed by atoms with Gasteiger partial charge in [0.1, 0.15) is 17.6 Å². The van der Waals surface area contributed by atoms with Gasteiger partial charge in [-0.05, 0) is 18.6 Å². The van der Waals surface area contributed by atoms with Gasteiger partial charge in [-0.15, -0.1) is 0 Å². The maximum atomic E-state index is 12.2. The van der Waals surface area contributed by atoms with Crippen molar-refractivity contribution in [2.24, 2.45) is 0 Å². The van der Waals surface area contributed by atoms with Crippen LogP contribution in [0.15, 0.2) is 12.1 Å². The van der Waals surface area contributed by atoms with Gasteiger partial charge in [-0.2, -0.15) is 14.0 Å². The highest BCUT2D eigenvalue weighted by Gasteiger charge is 2.17. The van der Waals surface area contributed by atoms with Crippen LogP contribution in [0.25, 0.3) is 0 Å². The standard InChI is InChI=1S/C13H13F2NO4/c1-3-19-12(17)5-8-4-9(20-13(14)15)6-11(18-2)10(8)7-16/h4,6,13H,3,5H2,1-2H3. The van der Waals surface area contributed by atoms with Gasteiger partial charge in [0, 0.05) is 6.07 Å². The number of halogens is 2. The van der Waals surface area contributed by atoms with E-state index in [9.17, 15) is 13.6 Å². The molecule has 0 fully saturated rings. The molecular weight excluding hydrogens is 272 g/mol. The summed E-state index contributed by atoms with van der Waals surface area (Å²) >= 11 is 0. The second-order valence-electron chi connectivity index (χ2n) is 3.63. The average Bonchev–Trinajstić information content (AvgIpc) is 2.37. The molecule has 1 aromatic carbocycles. The zero-order valence-corrected chi connectivity index (χ0v) is 11.0. The Labute approximate surface area is 114 Å². The van der Waals surface area contributed by atoms with Gasteiger partial charge in [0.15, 0.2) is 0 Å².